The zero-order valence-corrected chi connectivity index (χ0v) is 14.6. The SMILES string of the molecule is Cc1cccc(NC(=O)CC(=O)NCCc2ccc(Cl)cc2)c1C. The van der Waals surface area contributed by atoms with E-state index < -0.39 is 0 Å². The highest BCUT2D eigenvalue weighted by atomic mass is 35.5. The van der Waals surface area contributed by atoms with Crippen LogP contribution in [-0.4, -0.2) is 18.4 Å². The number of rotatable bonds is 6. The van der Waals surface area contributed by atoms with Crippen molar-refractivity contribution < 1.29 is 9.59 Å². The molecule has 2 aromatic carbocycles. The van der Waals surface area contributed by atoms with Crippen LogP contribution in [0.4, 0.5) is 5.69 Å². The van der Waals surface area contributed by atoms with Gasteiger partial charge in [0, 0.05) is 17.3 Å². The van der Waals surface area contributed by atoms with E-state index in [1.54, 1.807) is 0 Å². The molecule has 0 aliphatic heterocycles. The molecule has 2 aromatic rings. The molecule has 0 radical (unpaired) electrons. The topological polar surface area (TPSA) is 58.2 Å². The highest BCUT2D eigenvalue weighted by molar-refractivity contribution is 6.30. The Hall–Kier alpha value is -2.33. The standard InChI is InChI=1S/C19H21ClN2O2/c1-13-4-3-5-17(14(13)2)22-19(24)12-18(23)21-11-10-15-6-8-16(20)9-7-15/h3-9H,10-12H2,1-2H3,(H,21,23)(H,22,24). The van der Waals surface area contributed by atoms with Crippen molar-refractivity contribution in [1.29, 1.82) is 0 Å². The van der Waals surface area contributed by atoms with Gasteiger partial charge in [-0.25, -0.2) is 0 Å². The first-order valence-corrected chi connectivity index (χ1v) is 8.20. The van der Waals surface area contributed by atoms with Crippen LogP contribution in [0.1, 0.15) is 23.1 Å². The second-order valence-corrected chi connectivity index (χ2v) is 6.14. The van der Waals surface area contributed by atoms with Gasteiger partial charge < -0.3 is 10.6 Å². The molecule has 5 heteroatoms. The monoisotopic (exact) mass is 344 g/mol. The maximum absolute atomic E-state index is 12.0. The zero-order chi connectivity index (χ0) is 17.5. The molecule has 0 aliphatic rings. The van der Waals surface area contributed by atoms with Crippen LogP contribution in [-0.2, 0) is 16.0 Å². The molecule has 0 unspecified atom stereocenters. The summed E-state index contributed by atoms with van der Waals surface area (Å²) in [4.78, 5) is 23.8. The fourth-order valence-electron chi connectivity index (χ4n) is 2.29. The first kappa shape index (κ1) is 18.0. The Labute approximate surface area is 147 Å². The molecule has 24 heavy (non-hydrogen) atoms. The van der Waals surface area contributed by atoms with Crippen LogP contribution in [0.15, 0.2) is 42.5 Å². The number of nitrogens with one attached hydrogen (secondary N) is 2. The minimum absolute atomic E-state index is 0.187. The first-order valence-electron chi connectivity index (χ1n) is 7.83. The van der Waals surface area contributed by atoms with Crippen LogP contribution in [0, 0.1) is 13.8 Å². The lowest BCUT2D eigenvalue weighted by Gasteiger charge is -2.10. The van der Waals surface area contributed by atoms with Crippen molar-refractivity contribution in [1.82, 2.24) is 5.32 Å². The Morgan fingerprint density at radius 3 is 2.42 bits per heavy atom. The van der Waals surface area contributed by atoms with Gasteiger partial charge in [0.2, 0.25) is 11.8 Å². The lowest BCUT2D eigenvalue weighted by atomic mass is 10.1. The molecule has 0 saturated heterocycles. The third-order valence-corrected chi connectivity index (χ3v) is 4.10. The van der Waals surface area contributed by atoms with Crippen molar-refractivity contribution in [3.63, 3.8) is 0 Å². The van der Waals surface area contributed by atoms with Gasteiger partial charge in [-0.2, -0.15) is 0 Å². The number of halogens is 1. The predicted octanol–water partition coefficient (Wildman–Crippen LogP) is 3.64. The molecule has 4 nitrogen and oxygen atoms in total. The largest absolute Gasteiger partial charge is 0.355 e. The third-order valence-electron chi connectivity index (χ3n) is 3.85. The normalized spacial score (nSPS) is 10.3. The Morgan fingerprint density at radius 1 is 1.00 bits per heavy atom. The van der Waals surface area contributed by atoms with E-state index in [0.29, 0.717) is 18.0 Å². The second kappa shape index (κ2) is 8.50. The lowest BCUT2D eigenvalue weighted by Crippen LogP contribution is -2.29. The molecular weight excluding hydrogens is 324 g/mol. The van der Waals surface area contributed by atoms with Gasteiger partial charge in [-0.1, -0.05) is 35.9 Å². The zero-order valence-electron chi connectivity index (χ0n) is 13.9. The van der Waals surface area contributed by atoms with E-state index in [-0.39, 0.29) is 18.2 Å². The number of anilines is 1. The number of amides is 2. The smallest absolute Gasteiger partial charge is 0.233 e. The summed E-state index contributed by atoms with van der Waals surface area (Å²) >= 11 is 5.83. The third kappa shape index (κ3) is 5.39. The molecule has 2 amide bonds. The van der Waals surface area contributed by atoms with Gasteiger partial charge in [0.05, 0.1) is 0 Å². The fourth-order valence-corrected chi connectivity index (χ4v) is 2.41. The molecule has 2 rings (SSSR count). The van der Waals surface area contributed by atoms with Crippen LogP contribution in [0.25, 0.3) is 0 Å². The number of aryl methyl sites for hydroxylation is 1. The van der Waals surface area contributed by atoms with Crippen LogP contribution in [0.2, 0.25) is 5.02 Å². The van der Waals surface area contributed by atoms with Gasteiger partial charge in [-0.3, -0.25) is 9.59 Å². The minimum Gasteiger partial charge on any atom is -0.355 e. The number of benzene rings is 2. The second-order valence-electron chi connectivity index (χ2n) is 5.70. The summed E-state index contributed by atoms with van der Waals surface area (Å²) in [6.45, 7) is 4.41. The maximum Gasteiger partial charge on any atom is 0.233 e. The van der Waals surface area contributed by atoms with Crippen molar-refractivity contribution >= 4 is 29.1 Å². The summed E-state index contributed by atoms with van der Waals surface area (Å²) < 4.78 is 0. The summed E-state index contributed by atoms with van der Waals surface area (Å²) in [7, 11) is 0. The van der Waals surface area contributed by atoms with Crippen molar-refractivity contribution in [3.8, 4) is 0 Å². The Bertz CT molecular complexity index is 727. The van der Waals surface area contributed by atoms with Gasteiger partial charge in [0.25, 0.3) is 0 Å². The van der Waals surface area contributed by atoms with Crippen LogP contribution >= 0.6 is 11.6 Å². The average molecular weight is 345 g/mol. The Morgan fingerprint density at radius 2 is 1.71 bits per heavy atom. The van der Waals surface area contributed by atoms with Crippen molar-refractivity contribution in [2.45, 2.75) is 26.7 Å². The molecule has 0 heterocycles. The lowest BCUT2D eigenvalue weighted by molar-refractivity contribution is -0.126. The van der Waals surface area contributed by atoms with Crippen LogP contribution in [0.3, 0.4) is 0 Å². The number of hydrogen-bond acceptors (Lipinski definition) is 2. The highest BCUT2D eigenvalue weighted by Gasteiger charge is 2.11. The number of carbonyl (C=O) groups excluding carboxylic acids is 2. The van der Waals surface area contributed by atoms with E-state index in [4.69, 9.17) is 11.6 Å². The predicted molar refractivity (Wildman–Crippen MR) is 97.3 cm³/mol. The summed E-state index contributed by atoms with van der Waals surface area (Å²) in [6, 6.07) is 13.2. The summed E-state index contributed by atoms with van der Waals surface area (Å²) in [5.41, 5.74) is 3.93. The van der Waals surface area contributed by atoms with E-state index in [1.807, 2.05) is 56.3 Å². The van der Waals surface area contributed by atoms with E-state index in [9.17, 15) is 9.59 Å². The molecule has 0 atom stereocenters. The molecule has 2 N–H and O–H groups in total. The first-order chi connectivity index (χ1) is 11.5. The van der Waals surface area contributed by atoms with Crippen LogP contribution in [0.5, 0.6) is 0 Å². The van der Waals surface area contributed by atoms with Gasteiger partial charge in [0.1, 0.15) is 6.42 Å². The fraction of sp³-hybridized carbons (Fsp3) is 0.263. The highest BCUT2D eigenvalue weighted by Crippen LogP contribution is 2.18. The number of hydrogen-bond donors (Lipinski definition) is 2. The molecule has 0 saturated carbocycles. The Kier molecular flexibility index (Phi) is 6.38. The van der Waals surface area contributed by atoms with Crippen LogP contribution < -0.4 is 10.6 Å². The van der Waals surface area contributed by atoms with Crippen molar-refractivity contribution in [2.24, 2.45) is 0 Å². The van der Waals surface area contributed by atoms with Gasteiger partial charge in [0.15, 0.2) is 0 Å². The van der Waals surface area contributed by atoms with E-state index in [2.05, 4.69) is 10.6 Å². The number of carbonyl (C=O) groups is 2. The van der Waals surface area contributed by atoms with E-state index >= 15 is 0 Å². The molecule has 0 bridgehead atoms. The van der Waals surface area contributed by atoms with Crippen molar-refractivity contribution in [3.05, 3.63) is 64.2 Å². The van der Waals surface area contributed by atoms with Gasteiger partial charge in [-0.05, 0) is 55.2 Å². The summed E-state index contributed by atoms with van der Waals surface area (Å²) in [5.74, 6) is -0.598. The summed E-state index contributed by atoms with van der Waals surface area (Å²) in [6.07, 6.45) is 0.509. The Balaban J connectivity index is 1.76. The minimum atomic E-state index is -0.312. The van der Waals surface area contributed by atoms with E-state index in [1.165, 1.54) is 0 Å². The maximum atomic E-state index is 12.0. The quantitative estimate of drug-likeness (QED) is 0.786. The molecular formula is C19H21ClN2O2. The van der Waals surface area contributed by atoms with Crippen molar-refractivity contribution in [2.75, 3.05) is 11.9 Å². The molecule has 0 fully saturated rings. The molecule has 126 valence electrons. The molecule has 0 aliphatic carbocycles. The average Bonchev–Trinajstić information content (AvgIpc) is 2.53. The molecule has 0 aromatic heterocycles. The van der Waals surface area contributed by atoms with E-state index in [0.717, 1.165) is 22.4 Å². The molecule has 0 spiro atoms. The van der Waals surface area contributed by atoms with Gasteiger partial charge in [-0.15, -0.1) is 0 Å². The summed E-state index contributed by atoms with van der Waals surface area (Å²) in [5, 5.41) is 6.22. The van der Waals surface area contributed by atoms with Gasteiger partial charge >= 0.3 is 0 Å².